The van der Waals surface area contributed by atoms with Gasteiger partial charge in [0.15, 0.2) is 23.1 Å². The van der Waals surface area contributed by atoms with Gasteiger partial charge in [-0.25, -0.2) is 0 Å². The fourth-order valence-corrected chi connectivity index (χ4v) is 5.13. The molecule has 4 aromatic rings. The maximum atomic E-state index is 12.3. The summed E-state index contributed by atoms with van der Waals surface area (Å²) in [5.74, 6) is -1.74. The molecule has 4 aromatic carbocycles. The Hall–Kier alpha value is -3.48. The molecule has 0 saturated heterocycles. The summed E-state index contributed by atoms with van der Waals surface area (Å²) >= 11 is 6.69. The van der Waals surface area contributed by atoms with Gasteiger partial charge in [-0.1, -0.05) is 105 Å². The van der Waals surface area contributed by atoms with Gasteiger partial charge >= 0.3 is 0 Å². The lowest BCUT2D eigenvalue weighted by atomic mass is 9.94. The van der Waals surface area contributed by atoms with Crippen LogP contribution < -0.4 is 0 Å². The van der Waals surface area contributed by atoms with E-state index in [9.17, 15) is 19.2 Å². The zero-order valence-electron chi connectivity index (χ0n) is 18.8. The van der Waals surface area contributed by atoms with Gasteiger partial charge in [0.2, 0.25) is 0 Å². The van der Waals surface area contributed by atoms with Crippen molar-refractivity contribution in [3.05, 3.63) is 139 Å². The van der Waals surface area contributed by atoms with Crippen molar-refractivity contribution in [2.45, 2.75) is 11.8 Å². The molecule has 36 heavy (non-hydrogen) atoms. The van der Waals surface area contributed by atoms with Crippen LogP contribution in [0.25, 0.3) is 0 Å². The molecule has 2 aliphatic carbocycles. The summed E-state index contributed by atoms with van der Waals surface area (Å²) in [5, 5.41) is 0. The zero-order valence-corrected chi connectivity index (χ0v) is 22.0. The van der Waals surface area contributed by atoms with Crippen LogP contribution >= 0.6 is 31.9 Å². The van der Waals surface area contributed by atoms with E-state index in [4.69, 9.17) is 0 Å². The molecule has 0 saturated carbocycles. The smallest absolute Gasteiger partial charge is 0.178 e. The minimum absolute atomic E-state index is 0.0991. The highest BCUT2D eigenvalue weighted by Crippen LogP contribution is 2.35. The molecule has 0 atom stereocenters. The second-order valence-electron chi connectivity index (χ2n) is 8.52. The van der Waals surface area contributed by atoms with E-state index in [1.807, 2.05) is 48.5 Å². The van der Waals surface area contributed by atoms with E-state index >= 15 is 0 Å². The molecule has 176 valence electrons. The van der Waals surface area contributed by atoms with Crippen LogP contribution in [-0.2, 0) is 0 Å². The van der Waals surface area contributed by atoms with E-state index in [1.54, 1.807) is 48.5 Å². The highest BCUT2D eigenvalue weighted by molar-refractivity contribution is 9.10. The molecule has 6 rings (SSSR count). The molecular weight excluding hydrogens is 584 g/mol. The number of hydrogen-bond acceptors (Lipinski definition) is 4. The molecule has 2 aliphatic rings. The number of carbonyl (C=O) groups is 4. The number of hydrogen-bond donors (Lipinski definition) is 0. The van der Waals surface area contributed by atoms with Crippen LogP contribution in [0.15, 0.2) is 106 Å². The highest BCUT2D eigenvalue weighted by atomic mass is 79.9. The third-order valence-corrected chi connectivity index (χ3v) is 7.43. The number of halogens is 2. The van der Waals surface area contributed by atoms with Crippen LogP contribution in [0.3, 0.4) is 0 Å². The molecule has 0 bridgehead atoms. The number of carbonyl (C=O) groups excluding carboxylic acids is 4. The monoisotopic (exact) mass is 600 g/mol. The predicted molar refractivity (Wildman–Crippen MR) is 144 cm³/mol. The largest absolute Gasteiger partial charge is 0.293 e. The highest BCUT2D eigenvalue weighted by Gasteiger charge is 2.40. The van der Waals surface area contributed by atoms with Crippen molar-refractivity contribution in [3.63, 3.8) is 0 Å². The SMILES string of the molecule is O=C1c2ccccc2C(=O)C1c1ccc(Br)cc1.O=C1c2ccccc2C(=O)C1c1ccc(Br)cc1. The second kappa shape index (κ2) is 9.88. The molecular formula is C30H18Br2O4. The molecule has 0 heterocycles. The molecule has 0 aliphatic heterocycles. The topological polar surface area (TPSA) is 68.3 Å². The fourth-order valence-electron chi connectivity index (χ4n) is 4.60. The van der Waals surface area contributed by atoms with Crippen LogP contribution in [0, 0.1) is 0 Å². The van der Waals surface area contributed by atoms with Gasteiger partial charge in [0.25, 0.3) is 0 Å². The average Bonchev–Trinajstić information content (AvgIpc) is 3.30. The Morgan fingerprint density at radius 1 is 0.389 bits per heavy atom. The summed E-state index contributed by atoms with van der Waals surface area (Å²) in [6, 6.07) is 28.7. The summed E-state index contributed by atoms with van der Waals surface area (Å²) < 4.78 is 1.86. The number of Topliss-reactive ketones (excluding diaryl/α,β-unsaturated/α-hetero) is 4. The van der Waals surface area contributed by atoms with Gasteiger partial charge in [-0.05, 0) is 35.4 Å². The minimum Gasteiger partial charge on any atom is -0.293 e. The summed E-state index contributed by atoms with van der Waals surface area (Å²) in [5.41, 5.74) is 3.66. The number of fused-ring (bicyclic) bond motifs is 2. The Morgan fingerprint density at radius 3 is 0.889 bits per heavy atom. The Balaban J connectivity index is 0.000000148. The van der Waals surface area contributed by atoms with Crippen molar-refractivity contribution in [2.75, 3.05) is 0 Å². The normalized spacial score (nSPS) is 14.9. The maximum Gasteiger partial charge on any atom is 0.178 e. The molecule has 6 heteroatoms. The van der Waals surface area contributed by atoms with Crippen LogP contribution in [0.5, 0.6) is 0 Å². The first-order valence-corrected chi connectivity index (χ1v) is 12.8. The van der Waals surface area contributed by atoms with Crippen LogP contribution in [0.2, 0.25) is 0 Å². The molecule has 0 aromatic heterocycles. The lowest BCUT2D eigenvalue weighted by molar-refractivity contribution is 0.0874. The van der Waals surface area contributed by atoms with E-state index in [1.165, 1.54) is 0 Å². The molecule has 0 unspecified atom stereocenters. The maximum absolute atomic E-state index is 12.3. The number of rotatable bonds is 2. The van der Waals surface area contributed by atoms with Crippen molar-refractivity contribution < 1.29 is 19.2 Å². The first kappa shape index (κ1) is 24.2. The van der Waals surface area contributed by atoms with E-state index in [0.717, 1.165) is 20.1 Å². The van der Waals surface area contributed by atoms with Crippen LogP contribution in [-0.4, -0.2) is 23.1 Å². The average molecular weight is 602 g/mol. The molecule has 0 spiro atoms. The summed E-state index contributed by atoms with van der Waals surface area (Å²) in [4.78, 5) is 49.0. The van der Waals surface area contributed by atoms with Gasteiger partial charge in [0, 0.05) is 31.2 Å². The third kappa shape index (κ3) is 4.31. The van der Waals surface area contributed by atoms with Crippen molar-refractivity contribution >= 4 is 55.0 Å². The third-order valence-electron chi connectivity index (χ3n) is 6.37. The summed E-state index contributed by atoms with van der Waals surface area (Å²) in [6.07, 6.45) is 0. The van der Waals surface area contributed by atoms with Crippen molar-refractivity contribution in [2.24, 2.45) is 0 Å². The standard InChI is InChI=1S/2C15H9BrO2/c2*16-10-7-5-9(6-8-10)13-14(17)11-3-1-2-4-12(11)15(13)18/h2*1-8,13H. The van der Waals surface area contributed by atoms with Crippen molar-refractivity contribution in [3.8, 4) is 0 Å². The first-order valence-electron chi connectivity index (χ1n) is 11.2. The first-order chi connectivity index (χ1) is 17.4. The van der Waals surface area contributed by atoms with Gasteiger partial charge in [-0.15, -0.1) is 0 Å². The summed E-state index contributed by atoms with van der Waals surface area (Å²) in [7, 11) is 0. The summed E-state index contributed by atoms with van der Waals surface area (Å²) in [6.45, 7) is 0. The molecule has 4 nitrogen and oxygen atoms in total. The van der Waals surface area contributed by atoms with E-state index in [0.29, 0.717) is 22.3 Å². The van der Waals surface area contributed by atoms with Gasteiger partial charge in [0.1, 0.15) is 11.8 Å². The number of benzene rings is 4. The fraction of sp³-hybridized carbons (Fsp3) is 0.0667. The van der Waals surface area contributed by atoms with Gasteiger partial charge < -0.3 is 0 Å². The molecule has 0 N–H and O–H groups in total. The predicted octanol–water partition coefficient (Wildman–Crippen LogP) is 7.22. The minimum atomic E-state index is -0.671. The van der Waals surface area contributed by atoms with Gasteiger partial charge in [-0.2, -0.15) is 0 Å². The molecule has 0 radical (unpaired) electrons. The molecule has 0 amide bonds. The van der Waals surface area contributed by atoms with Crippen molar-refractivity contribution in [1.29, 1.82) is 0 Å². The Labute approximate surface area is 224 Å². The Morgan fingerprint density at radius 2 is 0.639 bits per heavy atom. The Bertz CT molecular complexity index is 1330. The van der Waals surface area contributed by atoms with E-state index in [-0.39, 0.29) is 23.1 Å². The lowest BCUT2D eigenvalue weighted by Gasteiger charge is -2.06. The number of ketones is 4. The zero-order chi connectivity index (χ0) is 25.4. The Kier molecular flexibility index (Phi) is 6.65. The van der Waals surface area contributed by atoms with Crippen molar-refractivity contribution in [1.82, 2.24) is 0 Å². The van der Waals surface area contributed by atoms with Crippen LogP contribution in [0.4, 0.5) is 0 Å². The van der Waals surface area contributed by atoms with Gasteiger partial charge in [-0.3, -0.25) is 19.2 Å². The quantitative estimate of drug-likeness (QED) is 0.227. The van der Waals surface area contributed by atoms with Crippen LogP contribution in [0.1, 0.15) is 64.4 Å². The lowest BCUT2D eigenvalue weighted by Crippen LogP contribution is -2.12. The van der Waals surface area contributed by atoms with E-state index in [2.05, 4.69) is 31.9 Å². The van der Waals surface area contributed by atoms with E-state index < -0.39 is 11.8 Å². The molecule has 0 fully saturated rings. The van der Waals surface area contributed by atoms with Gasteiger partial charge in [0.05, 0.1) is 0 Å². The second-order valence-corrected chi connectivity index (χ2v) is 10.3.